The van der Waals surface area contributed by atoms with Crippen molar-refractivity contribution in [2.75, 3.05) is 0 Å². The fourth-order valence-electron chi connectivity index (χ4n) is 1.67. The van der Waals surface area contributed by atoms with Crippen molar-refractivity contribution < 1.29 is 14.0 Å². The lowest BCUT2D eigenvalue weighted by Crippen LogP contribution is -2.35. The lowest BCUT2D eigenvalue weighted by Gasteiger charge is -2.14. The van der Waals surface area contributed by atoms with E-state index < -0.39 is 17.8 Å². The van der Waals surface area contributed by atoms with Crippen LogP contribution in [-0.2, 0) is 16.1 Å². The zero-order valence-electron chi connectivity index (χ0n) is 8.52. The van der Waals surface area contributed by atoms with E-state index in [2.05, 4.69) is 0 Å². The SMILES string of the molecule is N[C@H]1CC(=O)N(Cc2ccccc2F)C1=O. The first kappa shape index (κ1) is 10.8. The molecular formula is C11H11FN2O2. The number of halogens is 1. The predicted molar refractivity (Wildman–Crippen MR) is 54.5 cm³/mol. The molecule has 0 radical (unpaired) electrons. The summed E-state index contributed by atoms with van der Waals surface area (Å²) in [5.41, 5.74) is 5.76. The van der Waals surface area contributed by atoms with Crippen LogP contribution >= 0.6 is 0 Å². The average molecular weight is 222 g/mol. The molecule has 2 amide bonds. The van der Waals surface area contributed by atoms with Crippen LogP contribution in [0.4, 0.5) is 4.39 Å². The van der Waals surface area contributed by atoms with Gasteiger partial charge >= 0.3 is 0 Å². The van der Waals surface area contributed by atoms with Gasteiger partial charge in [-0.05, 0) is 6.07 Å². The summed E-state index contributed by atoms with van der Waals surface area (Å²) in [6.45, 7) is -0.0436. The fourth-order valence-corrected chi connectivity index (χ4v) is 1.67. The number of amides is 2. The molecule has 2 N–H and O–H groups in total. The van der Waals surface area contributed by atoms with Crippen LogP contribution in [0, 0.1) is 5.82 Å². The Morgan fingerprint density at radius 2 is 2.06 bits per heavy atom. The summed E-state index contributed by atoms with van der Waals surface area (Å²) >= 11 is 0. The molecule has 4 nitrogen and oxygen atoms in total. The van der Waals surface area contributed by atoms with Crippen LogP contribution in [0.2, 0.25) is 0 Å². The van der Waals surface area contributed by atoms with E-state index >= 15 is 0 Å². The molecule has 0 aromatic heterocycles. The Labute approximate surface area is 91.8 Å². The third kappa shape index (κ3) is 1.81. The molecule has 1 heterocycles. The third-order valence-electron chi connectivity index (χ3n) is 2.57. The van der Waals surface area contributed by atoms with Crippen molar-refractivity contribution in [1.29, 1.82) is 0 Å². The van der Waals surface area contributed by atoms with Crippen molar-refractivity contribution in [3.8, 4) is 0 Å². The first-order valence-electron chi connectivity index (χ1n) is 4.93. The molecule has 0 saturated carbocycles. The smallest absolute Gasteiger partial charge is 0.246 e. The highest BCUT2D eigenvalue weighted by Crippen LogP contribution is 2.16. The monoisotopic (exact) mass is 222 g/mol. The lowest BCUT2D eigenvalue weighted by molar-refractivity contribution is -0.139. The van der Waals surface area contributed by atoms with Gasteiger partial charge in [-0.3, -0.25) is 14.5 Å². The van der Waals surface area contributed by atoms with E-state index in [1.807, 2.05) is 0 Å². The van der Waals surface area contributed by atoms with Crippen LogP contribution in [0.15, 0.2) is 24.3 Å². The number of rotatable bonds is 2. The number of likely N-dealkylation sites (tertiary alicyclic amines) is 1. The molecule has 16 heavy (non-hydrogen) atoms. The van der Waals surface area contributed by atoms with Gasteiger partial charge < -0.3 is 5.73 Å². The summed E-state index contributed by atoms with van der Waals surface area (Å²) < 4.78 is 13.3. The maximum Gasteiger partial charge on any atom is 0.246 e. The van der Waals surface area contributed by atoms with Gasteiger partial charge in [-0.2, -0.15) is 0 Å². The Hall–Kier alpha value is -1.75. The molecule has 1 atom stereocenters. The van der Waals surface area contributed by atoms with Gasteiger partial charge in [-0.25, -0.2) is 4.39 Å². The Morgan fingerprint density at radius 3 is 2.62 bits per heavy atom. The fraction of sp³-hybridized carbons (Fsp3) is 0.273. The third-order valence-corrected chi connectivity index (χ3v) is 2.57. The normalized spacial score (nSPS) is 20.6. The maximum absolute atomic E-state index is 13.3. The van der Waals surface area contributed by atoms with Crippen LogP contribution in [0.1, 0.15) is 12.0 Å². The van der Waals surface area contributed by atoms with Crippen molar-refractivity contribution >= 4 is 11.8 Å². The zero-order chi connectivity index (χ0) is 11.7. The van der Waals surface area contributed by atoms with Crippen molar-refractivity contribution in [1.82, 2.24) is 4.90 Å². The summed E-state index contributed by atoms with van der Waals surface area (Å²) in [5, 5.41) is 0. The Morgan fingerprint density at radius 1 is 1.38 bits per heavy atom. The highest BCUT2D eigenvalue weighted by molar-refractivity contribution is 6.05. The second-order valence-electron chi connectivity index (χ2n) is 3.72. The van der Waals surface area contributed by atoms with Gasteiger partial charge in [0.15, 0.2) is 0 Å². The quantitative estimate of drug-likeness (QED) is 0.737. The highest BCUT2D eigenvalue weighted by atomic mass is 19.1. The molecule has 0 aliphatic carbocycles. The van der Waals surface area contributed by atoms with Crippen molar-refractivity contribution in [2.45, 2.75) is 19.0 Å². The Bertz CT molecular complexity index is 447. The molecule has 1 aromatic carbocycles. The lowest BCUT2D eigenvalue weighted by atomic mass is 10.2. The van der Waals surface area contributed by atoms with Crippen LogP contribution in [0.5, 0.6) is 0 Å². The van der Waals surface area contributed by atoms with E-state index in [4.69, 9.17) is 5.73 Å². The molecule has 1 aliphatic rings. The van der Waals surface area contributed by atoms with Crippen LogP contribution in [0.3, 0.4) is 0 Å². The summed E-state index contributed by atoms with van der Waals surface area (Å²) in [5.74, 6) is -1.21. The molecule has 0 spiro atoms. The predicted octanol–water partition coefficient (Wildman–Crippen LogP) is 0.412. The van der Waals surface area contributed by atoms with E-state index in [1.54, 1.807) is 18.2 Å². The number of nitrogens with zero attached hydrogens (tertiary/aromatic N) is 1. The van der Waals surface area contributed by atoms with Gasteiger partial charge in [0.25, 0.3) is 0 Å². The van der Waals surface area contributed by atoms with E-state index in [-0.39, 0.29) is 18.9 Å². The van der Waals surface area contributed by atoms with Gasteiger partial charge in [0.1, 0.15) is 5.82 Å². The topological polar surface area (TPSA) is 63.4 Å². The molecule has 1 aromatic rings. The Balaban J connectivity index is 2.20. The number of hydrogen-bond acceptors (Lipinski definition) is 3. The Kier molecular flexibility index (Phi) is 2.70. The minimum absolute atomic E-state index is 0.00723. The second kappa shape index (κ2) is 4.02. The number of carbonyl (C=O) groups excluding carboxylic acids is 2. The van der Waals surface area contributed by atoms with E-state index in [9.17, 15) is 14.0 Å². The van der Waals surface area contributed by atoms with Crippen molar-refractivity contribution in [3.63, 3.8) is 0 Å². The first-order valence-corrected chi connectivity index (χ1v) is 4.93. The molecule has 2 rings (SSSR count). The van der Waals surface area contributed by atoms with Crippen LogP contribution in [-0.4, -0.2) is 22.8 Å². The van der Waals surface area contributed by atoms with Crippen LogP contribution in [0.25, 0.3) is 0 Å². The molecule has 0 bridgehead atoms. The molecule has 0 unspecified atom stereocenters. The second-order valence-corrected chi connectivity index (χ2v) is 3.72. The molecule has 1 aliphatic heterocycles. The minimum Gasteiger partial charge on any atom is -0.319 e. The number of carbonyl (C=O) groups is 2. The van der Waals surface area contributed by atoms with E-state index in [1.165, 1.54) is 6.07 Å². The maximum atomic E-state index is 13.3. The standard InChI is InChI=1S/C11H11FN2O2/c12-8-4-2-1-3-7(8)6-14-10(15)5-9(13)11(14)16/h1-4,9H,5-6,13H2/t9-/m0/s1. The van der Waals surface area contributed by atoms with Gasteiger partial charge in [0, 0.05) is 5.56 Å². The van der Waals surface area contributed by atoms with Crippen molar-refractivity contribution in [3.05, 3.63) is 35.6 Å². The van der Waals surface area contributed by atoms with E-state index in [0.717, 1.165) is 4.90 Å². The van der Waals surface area contributed by atoms with Crippen LogP contribution < -0.4 is 5.73 Å². The molecule has 1 fully saturated rings. The summed E-state index contributed by atoms with van der Waals surface area (Å²) in [4.78, 5) is 23.9. The minimum atomic E-state index is -0.778. The summed E-state index contributed by atoms with van der Waals surface area (Å²) in [7, 11) is 0. The molecular weight excluding hydrogens is 211 g/mol. The largest absolute Gasteiger partial charge is 0.319 e. The zero-order valence-corrected chi connectivity index (χ0v) is 8.52. The molecule has 1 saturated heterocycles. The number of hydrogen-bond donors (Lipinski definition) is 1. The number of benzene rings is 1. The van der Waals surface area contributed by atoms with Gasteiger partial charge in [0.2, 0.25) is 11.8 Å². The first-order chi connectivity index (χ1) is 7.59. The van der Waals surface area contributed by atoms with E-state index in [0.29, 0.717) is 5.56 Å². The van der Waals surface area contributed by atoms with Gasteiger partial charge in [-0.15, -0.1) is 0 Å². The molecule has 84 valence electrons. The van der Waals surface area contributed by atoms with Gasteiger partial charge in [-0.1, -0.05) is 18.2 Å². The summed E-state index contributed by atoms with van der Waals surface area (Å²) in [6.07, 6.45) is 0.00723. The highest BCUT2D eigenvalue weighted by Gasteiger charge is 2.36. The number of imide groups is 1. The summed E-state index contributed by atoms with van der Waals surface area (Å²) in [6, 6.07) is 5.26. The average Bonchev–Trinajstić information content (AvgIpc) is 2.48. The molecule has 5 heteroatoms. The number of nitrogens with two attached hydrogens (primary N) is 1. The van der Waals surface area contributed by atoms with Crippen molar-refractivity contribution in [2.24, 2.45) is 5.73 Å². The van der Waals surface area contributed by atoms with Gasteiger partial charge in [0.05, 0.1) is 19.0 Å².